The molecule has 0 atom stereocenters. The number of hydrogen-bond acceptors (Lipinski definition) is 3. The Morgan fingerprint density at radius 1 is 1.20 bits per heavy atom. The van der Waals surface area contributed by atoms with Crippen molar-refractivity contribution in [3.8, 4) is 0 Å². The second-order valence-electron chi connectivity index (χ2n) is 5.76. The van der Waals surface area contributed by atoms with Crippen molar-refractivity contribution in [3.63, 3.8) is 0 Å². The predicted octanol–water partition coefficient (Wildman–Crippen LogP) is 1.82. The van der Waals surface area contributed by atoms with Crippen molar-refractivity contribution in [2.45, 2.75) is 52.0 Å². The highest BCUT2D eigenvalue weighted by molar-refractivity contribution is 5.47. The summed E-state index contributed by atoms with van der Waals surface area (Å²) in [4.78, 5) is 27.2. The van der Waals surface area contributed by atoms with Crippen molar-refractivity contribution in [3.05, 3.63) is 26.5 Å². The summed E-state index contributed by atoms with van der Waals surface area (Å²) < 4.78 is 3.10. The van der Waals surface area contributed by atoms with Gasteiger partial charge >= 0.3 is 5.69 Å². The van der Waals surface area contributed by atoms with Crippen molar-refractivity contribution >= 4 is 5.69 Å². The van der Waals surface area contributed by atoms with Crippen molar-refractivity contribution in [1.29, 1.82) is 0 Å². The van der Waals surface area contributed by atoms with Crippen LogP contribution in [0.15, 0.2) is 9.59 Å². The van der Waals surface area contributed by atoms with Crippen LogP contribution in [-0.2, 0) is 7.05 Å². The predicted molar refractivity (Wildman–Crippen MR) is 81.7 cm³/mol. The van der Waals surface area contributed by atoms with E-state index in [1.54, 1.807) is 11.6 Å². The van der Waals surface area contributed by atoms with Gasteiger partial charge in [-0.1, -0.05) is 19.3 Å². The highest BCUT2D eigenvalue weighted by atomic mass is 16.2. The van der Waals surface area contributed by atoms with E-state index < -0.39 is 0 Å². The van der Waals surface area contributed by atoms with Crippen LogP contribution in [0.4, 0.5) is 5.69 Å². The number of rotatable bonds is 3. The zero-order chi connectivity index (χ0) is 14.9. The lowest BCUT2D eigenvalue weighted by atomic mass is 9.95. The molecule has 5 nitrogen and oxygen atoms in total. The second kappa shape index (κ2) is 5.85. The molecule has 0 bridgehead atoms. The summed E-state index contributed by atoms with van der Waals surface area (Å²) in [6, 6.07) is 0.0690. The molecule has 5 heteroatoms. The van der Waals surface area contributed by atoms with Crippen LogP contribution < -0.4 is 16.1 Å². The molecule has 0 aliphatic heterocycles. The van der Waals surface area contributed by atoms with Gasteiger partial charge in [-0.25, -0.2) is 4.79 Å². The van der Waals surface area contributed by atoms with E-state index in [9.17, 15) is 9.59 Å². The molecule has 0 saturated heterocycles. The Hall–Kier alpha value is -1.52. The lowest BCUT2D eigenvalue weighted by Crippen LogP contribution is -2.45. The minimum atomic E-state index is -0.173. The number of nitrogens with zero attached hydrogens (tertiary/aromatic N) is 3. The van der Waals surface area contributed by atoms with Crippen LogP contribution in [0.3, 0.4) is 0 Å². The Morgan fingerprint density at radius 2 is 1.80 bits per heavy atom. The SMILES string of the molecule is CCN(C)c1c(C)n(C)c(=O)n(C2CCCCC2)c1=O. The number of anilines is 1. The van der Waals surface area contributed by atoms with E-state index in [1.807, 2.05) is 25.8 Å². The Balaban J connectivity index is 2.65. The smallest absolute Gasteiger partial charge is 0.331 e. The molecular formula is C15H25N3O2. The summed E-state index contributed by atoms with van der Waals surface area (Å²) in [6.45, 7) is 4.60. The number of hydrogen-bond donors (Lipinski definition) is 0. The zero-order valence-corrected chi connectivity index (χ0v) is 13.0. The molecule has 0 N–H and O–H groups in total. The summed E-state index contributed by atoms with van der Waals surface area (Å²) in [6.07, 6.45) is 5.29. The highest BCUT2D eigenvalue weighted by Crippen LogP contribution is 2.26. The zero-order valence-electron chi connectivity index (χ0n) is 13.0. The van der Waals surface area contributed by atoms with E-state index in [2.05, 4.69) is 0 Å². The Kier molecular flexibility index (Phi) is 4.35. The van der Waals surface area contributed by atoms with E-state index in [-0.39, 0.29) is 17.3 Å². The van der Waals surface area contributed by atoms with Crippen LogP contribution >= 0.6 is 0 Å². The molecule has 1 aromatic rings. The average Bonchev–Trinajstić information content (AvgIpc) is 2.46. The summed E-state index contributed by atoms with van der Waals surface area (Å²) in [5.74, 6) is 0. The molecule has 0 amide bonds. The van der Waals surface area contributed by atoms with Crippen LogP contribution in [0.5, 0.6) is 0 Å². The van der Waals surface area contributed by atoms with Crippen molar-refractivity contribution in [2.24, 2.45) is 7.05 Å². The van der Waals surface area contributed by atoms with Gasteiger partial charge in [0.25, 0.3) is 5.56 Å². The fourth-order valence-electron chi connectivity index (χ4n) is 3.08. The summed E-state index contributed by atoms with van der Waals surface area (Å²) >= 11 is 0. The monoisotopic (exact) mass is 279 g/mol. The van der Waals surface area contributed by atoms with Crippen molar-refractivity contribution in [2.75, 3.05) is 18.5 Å². The van der Waals surface area contributed by atoms with Crippen LogP contribution in [-0.4, -0.2) is 22.7 Å². The Labute approximate surface area is 119 Å². The van der Waals surface area contributed by atoms with E-state index in [0.29, 0.717) is 5.69 Å². The first-order valence-corrected chi connectivity index (χ1v) is 7.52. The van der Waals surface area contributed by atoms with Crippen LogP contribution in [0.2, 0.25) is 0 Å². The fraction of sp³-hybridized carbons (Fsp3) is 0.733. The van der Waals surface area contributed by atoms with Gasteiger partial charge in [0.2, 0.25) is 0 Å². The van der Waals surface area contributed by atoms with E-state index in [4.69, 9.17) is 0 Å². The largest absolute Gasteiger partial charge is 0.369 e. The molecule has 1 aliphatic carbocycles. The van der Waals surface area contributed by atoms with Gasteiger partial charge in [-0.3, -0.25) is 13.9 Å². The second-order valence-corrected chi connectivity index (χ2v) is 5.76. The maximum absolute atomic E-state index is 12.8. The molecule has 1 aliphatic rings. The lowest BCUT2D eigenvalue weighted by molar-refractivity contribution is 0.331. The summed E-state index contributed by atoms with van der Waals surface area (Å²) in [7, 11) is 3.66. The normalized spacial score (nSPS) is 16.4. The standard InChI is InChI=1S/C15H25N3O2/c1-5-16(3)13-11(2)17(4)15(20)18(14(13)19)12-9-7-6-8-10-12/h12H,5-10H2,1-4H3. The molecule has 0 spiro atoms. The minimum absolute atomic E-state index is 0.0690. The van der Waals surface area contributed by atoms with E-state index in [1.165, 1.54) is 11.0 Å². The quantitative estimate of drug-likeness (QED) is 0.848. The summed E-state index contributed by atoms with van der Waals surface area (Å²) in [5.41, 5.74) is 1.10. The maximum Gasteiger partial charge on any atom is 0.331 e. The highest BCUT2D eigenvalue weighted by Gasteiger charge is 2.23. The van der Waals surface area contributed by atoms with Crippen molar-refractivity contribution < 1.29 is 0 Å². The molecule has 1 heterocycles. The van der Waals surface area contributed by atoms with Crippen molar-refractivity contribution in [1.82, 2.24) is 9.13 Å². The topological polar surface area (TPSA) is 47.2 Å². The molecule has 1 aromatic heterocycles. The fourth-order valence-corrected chi connectivity index (χ4v) is 3.08. The van der Waals surface area contributed by atoms with E-state index in [0.717, 1.165) is 37.9 Å². The van der Waals surface area contributed by atoms with Gasteiger partial charge in [-0.2, -0.15) is 0 Å². The molecular weight excluding hydrogens is 254 g/mol. The third-order valence-corrected chi connectivity index (χ3v) is 4.56. The van der Waals surface area contributed by atoms with Gasteiger partial charge < -0.3 is 4.90 Å². The van der Waals surface area contributed by atoms with Gasteiger partial charge in [-0.05, 0) is 26.7 Å². The van der Waals surface area contributed by atoms with Gasteiger partial charge in [0.15, 0.2) is 0 Å². The molecule has 2 rings (SSSR count). The lowest BCUT2D eigenvalue weighted by Gasteiger charge is -2.27. The van der Waals surface area contributed by atoms with Gasteiger partial charge in [-0.15, -0.1) is 0 Å². The minimum Gasteiger partial charge on any atom is -0.369 e. The third-order valence-electron chi connectivity index (χ3n) is 4.56. The van der Waals surface area contributed by atoms with Gasteiger partial charge in [0.1, 0.15) is 5.69 Å². The van der Waals surface area contributed by atoms with Gasteiger partial charge in [0, 0.05) is 32.4 Å². The Bertz CT molecular complexity index is 594. The molecule has 0 radical (unpaired) electrons. The van der Waals surface area contributed by atoms with Crippen LogP contribution in [0.1, 0.15) is 50.8 Å². The molecule has 0 unspecified atom stereocenters. The molecule has 20 heavy (non-hydrogen) atoms. The molecule has 0 aromatic carbocycles. The number of aromatic nitrogens is 2. The molecule has 1 saturated carbocycles. The Morgan fingerprint density at radius 3 is 2.35 bits per heavy atom. The first-order chi connectivity index (χ1) is 9.49. The van der Waals surface area contributed by atoms with Crippen LogP contribution in [0.25, 0.3) is 0 Å². The van der Waals surface area contributed by atoms with Crippen LogP contribution in [0, 0.1) is 6.92 Å². The first kappa shape index (κ1) is 14.9. The summed E-state index contributed by atoms with van der Waals surface area (Å²) in [5, 5.41) is 0. The van der Waals surface area contributed by atoms with E-state index >= 15 is 0 Å². The molecule has 1 fully saturated rings. The first-order valence-electron chi connectivity index (χ1n) is 7.52. The molecule has 112 valence electrons. The third kappa shape index (κ3) is 2.41. The average molecular weight is 279 g/mol. The van der Waals surface area contributed by atoms with Gasteiger partial charge in [0.05, 0.1) is 0 Å². The maximum atomic E-state index is 12.8.